The van der Waals surface area contributed by atoms with Gasteiger partial charge < -0.3 is 0 Å². The molecule has 1 rings (SSSR count). The van der Waals surface area contributed by atoms with Crippen molar-refractivity contribution < 1.29 is 4.79 Å². The molecule has 0 aliphatic heterocycles. The molecule has 0 aromatic carbocycles. The first-order valence-corrected chi connectivity index (χ1v) is 4.33. The van der Waals surface area contributed by atoms with Gasteiger partial charge in [-0.25, -0.2) is 4.79 Å². The molecule has 11 heavy (non-hydrogen) atoms. The molecule has 1 saturated carbocycles. The van der Waals surface area contributed by atoms with Gasteiger partial charge in [-0.05, 0) is 30.6 Å². The Morgan fingerprint density at radius 1 is 1.55 bits per heavy atom. The Kier molecular flexibility index (Phi) is 2.20. The highest BCUT2D eigenvalue weighted by molar-refractivity contribution is 5.55. The molecule has 62 valence electrons. The van der Waals surface area contributed by atoms with Crippen LogP contribution < -0.4 is 0 Å². The second-order valence-electron chi connectivity index (χ2n) is 4.10. The first-order chi connectivity index (χ1) is 5.09. The molecule has 0 radical (unpaired) electrons. The van der Waals surface area contributed by atoms with Crippen LogP contribution >= 0.6 is 0 Å². The Morgan fingerprint density at radius 2 is 2.18 bits per heavy atom. The molecule has 1 nitrogen and oxygen atoms in total. The average molecular weight is 152 g/mol. The van der Waals surface area contributed by atoms with Crippen molar-refractivity contribution in [2.75, 3.05) is 0 Å². The van der Waals surface area contributed by atoms with Gasteiger partial charge in [0.05, 0.1) is 0 Å². The zero-order valence-electron chi connectivity index (χ0n) is 7.61. The summed E-state index contributed by atoms with van der Waals surface area (Å²) in [7, 11) is 0. The van der Waals surface area contributed by atoms with Crippen LogP contribution in [0.15, 0.2) is 5.57 Å². The van der Waals surface area contributed by atoms with Crippen LogP contribution in [0.25, 0.3) is 0 Å². The Balaban J connectivity index is 2.90. The maximum atomic E-state index is 10.6. The first kappa shape index (κ1) is 8.55. The fourth-order valence-corrected chi connectivity index (χ4v) is 1.75. The molecule has 1 aliphatic carbocycles. The van der Waals surface area contributed by atoms with Crippen molar-refractivity contribution in [1.29, 1.82) is 0 Å². The quantitative estimate of drug-likeness (QED) is 0.487. The summed E-state index contributed by atoms with van der Waals surface area (Å²) in [4.78, 5) is 10.6. The summed E-state index contributed by atoms with van der Waals surface area (Å²) in [6.07, 6.45) is 3.37. The summed E-state index contributed by atoms with van der Waals surface area (Å²) in [6.45, 7) is 6.52. The summed E-state index contributed by atoms with van der Waals surface area (Å²) in [5, 5.41) is 0. The highest BCUT2D eigenvalue weighted by Crippen LogP contribution is 2.42. The van der Waals surface area contributed by atoms with E-state index in [0.717, 1.165) is 18.4 Å². The van der Waals surface area contributed by atoms with Gasteiger partial charge in [0.15, 0.2) is 0 Å². The molecule has 1 fully saturated rings. The zero-order valence-corrected chi connectivity index (χ0v) is 7.61. The molecule has 0 amide bonds. The molecule has 0 bridgehead atoms. The lowest BCUT2D eigenvalue weighted by molar-refractivity contribution is 0.228. The molecule has 0 saturated heterocycles. The van der Waals surface area contributed by atoms with Crippen LogP contribution in [0, 0.1) is 11.3 Å². The molecule has 0 aromatic heterocycles. The summed E-state index contributed by atoms with van der Waals surface area (Å²) in [5.74, 6) is 2.72. The van der Waals surface area contributed by atoms with Crippen LogP contribution in [-0.2, 0) is 4.79 Å². The third kappa shape index (κ3) is 1.39. The van der Waals surface area contributed by atoms with Crippen LogP contribution in [0.5, 0.6) is 0 Å². The van der Waals surface area contributed by atoms with Crippen molar-refractivity contribution in [2.24, 2.45) is 11.3 Å². The Hall–Kier alpha value is -0.550. The standard InChI is InChI=1S/C10H16O/c1-8-5-4-6-9(7-11)10(8,2)3/h8H,4-6H2,1-3H3. The molecule has 1 aliphatic rings. The van der Waals surface area contributed by atoms with Gasteiger partial charge in [-0.3, -0.25) is 0 Å². The van der Waals surface area contributed by atoms with Crippen molar-refractivity contribution in [1.82, 2.24) is 0 Å². The summed E-state index contributed by atoms with van der Waals surface area (Å²) in [6, 6.07) is 0. The predicted molar refractivity (Wildman–Crippen MR) is 46.0 cm³/mol. The van der Waals surface area contributed by atoms with Crippen molar-refractivity contribution in [3.05, 3.63) is 5.57 Å². The topological polar surface area (TPSA) is 17.1 Å². The van der Waals surface area contributed by atoms with Crippen LogP contribution in [0.1, 0.15) is 40.0 Å². The number of allylic oxidation sites excluding steroid dienone is 1. The van der Waals surface area contributed by atoms with E-state index in [1.165, 1.54) is 6.42 Å². The highest BCUT2D eigenvalue weighted by Gasteiger charge is 2.33. The third-order valence-electron chi connectivity index (χ3n) is 3.20. The summed E-state index contributed by atoms with van der Waals surface area (Å²) < 4.78 is 0. The van der Waals surface area contributed by atoms with Gasteiger partial charge in [-0.2, -0.15) is 0 Å². The largest absolute Gasteiger partial charge is 0.234 e. The SMILES string of the molecule is CC1CCCC(=C=O)C1(C)C. The molecule has 0 heterocycles. The van der Waals surface area contributed by atoms with E-state index in [9.17, 15) is 4.79 Å². The second kappa shape index (κ2) is 2.83. The van der Waals surface area contributed by atoms with Gasteiger partial charge in [0.25, 0.3) is 0 Å². The van der Waals surface area contributed by atoms with E-state index >= 15 is 0 Å². The lowest BCUT2D eigenvalue weighted by atomic mass is 9.67. The van der Waals surface area contributed by atoms with Crippen molar-refractivity contribution >= 4 is 5.94 Å². The van der Waals surface area contributed by atoms with Gasteiger partial charge in [0, 0.05) is 5.57 Å². The summed E-state index contributed by atoms with van der Waals surface area (Å²) in [5.41, 5.74) is 1.08. The van der Waals surface area contributed by atoms with E-state index in [2.05, 4.69) is 26.7 Å². The lowest BCUT2D eigenvalue weighted by Crippen LogP contribution is -2.28. The van der Waals surface area contributed by atoms with E-state index in [-0.39, 0.29) is 5.41 Å². The van der Waals surface area contributed by atoms with Crippen LogP contribution in [0.3, 0.4) is 0 Å². The molecule has 1 heteroatoms. The molecule has 0 aromatic rings. The summed E-state index contributed by atoms with van der Waals surface area (Å²) >= 11 is 0. The average Bonchev–Trinajstić information content (AvgIpc) is 1.95. The van der Waals surface area contributed by atoms with E-state index in [0.29, 0.717) is 5.92 Å². The van der Waals surface area contributed by atoms with Crippen molar-refractivity contribution in [2.45, 2.75) is 40.0 Å². The second-order valence-corrected chi connectivity index (χ2v) is 4.10. The van der Waals surface area contributed by atoms with Gasteiger partial charge in [-0.15, -0.1) is 0 Å². The highest BCUT2D eigenvalue weighted by atomic mass is 16.1. The third-order valence-corrected chi connectivity index (χ3v) is 3.20. The number of rotatable bonds is 0. The van der Waals surface area contributed by atoms with Gasteiger partial charge >= 0.3 is 0 Å². The fourth-order valence-electron chi connectivity index (χ4n) is 1.75. The van der Waals surface area contributed by atoms with Crippen LogP contribution in [0.4, 0.5) is 0 Å². The minimum Gasteiger partial charge on any atom is -0.234 e. The Bertz CT molecular complexity index is 197. The van der Waals surface area contributed by atoms with E-state index in [1.807, 2.05) is 0 Å². The zero-order chi connectivity index (χ0) is 8.48. The smallest absolute Gasteiger partial charge is 0.124 e. The lowest BCUT2D eigenvalue weighted by Gasteiger charge is -2.36. The minimum atomic E-state index is 0.0972. The van der Waals surface area contributed by atoms with Crippen molar-refractivity contribution in [3.63, 3.8) is 0 Å². The molecule has 1 unspecified atom stereocenters. The molecule has 1 atom stereocenters. The molecule has 0 N–H and O–H groups in total. The van der Waals surface area contributed by atoms with Gasteiger partial charge in [-0.1, -0.05) is 20.8 Å². The van der Waals surface area contributed by atoms with E-state index in [4.69, 9.17) is 0 Å². The van der Waals surface area contributed by atoms with Crippen molar-refractivity contribution in [3.8, 4) is 0 Å². The Labute approximate surface area is 68.5 Å². The van der Waals surface area contributed by atoms with Crippen LogP contribution in [0.2, 0.25) is 0 Å². The first-order valence-electron chi connectivity index (χ1n) is 4.33. The van der Waals surface area contributed by atoms with Gasteiger partial charge in [0.2, 0.25) is 0 Å². The number of hydrogen-bond donors (Lipinski definition) is 0. The monoisotopic (exact) mass is 152 g/mol. The number of hydrogen-bond acceptors (Lipinski definition) is 1. The maximum Gasteiger partial charge on any atom is 0.124 e. The molecular weight excluding hydrogens is 136 g/mol. The fraction of sp³-hybridized carbons (Fsp3) is 0.800. The van der Waals surface area contributed by atoms with E-state index < -0.39 is 0 Å². The molecular formula is C10H16O. The normalized spacial score (nSPS) is 29.7. The number of carbonyl (C=O) groups excluding carboxylic acids is 1. The van der Waals surface area contributed by atoms with Crippen LogP contribution in [-0.4, -0.2) is 5.94 Å². The Morgan fingerprint density at radius 3 is 2.64 bits per heavy atom. The van der Waals surface area contributed by atoms with Gasteiger partial charge in [0.1, 0.15) is 5.94 Å². The predicted octanol–water partition coefficient (Wildman–Crippen LogP) is 2.59. The minimum absolute atomic E-state index is 0.0972. The maximum absolute atomic E-state index is 10.6. The molecule has 0 spiro atoms. The van der Waals surface area contributed by atoms with E-state index in [1.54, 1.807) is 0 Å².